The molecule has 4 nitrogen and oxygen atoms in total. The molecule has 0 radical (unpaired) electrons. The second-order valence-corrected chi connectivity index (χ2v) is 3.10. The zero-order chi connectivity index (χ0) is 10.3. The summed E-state index contributed by atoms with van der Waals surface area (Å²) in [5.41, 5.74) is 10.7. The van der Waals surface area contributed by atoms with Gasteiger partial charge < -0.3 is 11.5 Å². The van der Waals surface area contributed by atoms with Gasteiger partial charge in [-0.15, -0.1) is 0 Å². The lowest BCUT2D eigenvalue weighted by molar-refractivity contribution is -0.123. The van der Waals surface area contributed by atoms with Gasteiger partial charge in [-0.2, -0.15) is 0 Å². The van der Waals surface area contributed by atoms with Gasteiger partial charge >= 0.3 is 0 Å². The Hall–Kier alpha value is -0.610. The number of likely N-dealkylation sites (N-methyl/N-ethyl adjacent to an activating group) is 1. The van der Waals surface area contributed by atoms with Gasteiger partial charge in [-0.3, -0.25) is 9.69 Å². The molecule has 1 amide bonds. The lowest BCUT2D eigenvalue weighted by atomic mass is 10.1. The minimum Gasteiger partial charge on any atom is -0.368 e. The zero-order valence-electron chi connectivity index (χ0n) is 8.62. The normalized spacial score (nSPS) is 13.2. The lowest BCUT2D eigenvalue weighted by Gasteiger charge is -2.27. The lowest BCUT2D eigenvalue weighted by Crippen LogP contribution is -2.45. The second-order valence-electron chi connectivity index (χ2n) is 3.10. The Morgan fingerprint density at radius 2 is 2.08 bits per heavy atom. The third-order valence-electron chi connectivity index (χ3n) is 2.21. The molecule has 4 heteroatoms. The highest BCUT2D eigenvalue weighted by atomic mass is 16.1. The average molecular weight is 187 g/mol. The molecule has 0 aliphatic rings. The Bertz CT molecular complexity index is 150. The Labute approximate surface area is 80.3 Å². The van der Waals surface area contributed by atoms with Gasteiger partial charge in [0.05, 0.1) is 6.04 Å². The first-order valence-electron chi connectivity index (χ1n) is 4.90. The maximum absolute atomic E-state index is 11.0. The summed E-state index contributed by atoms with van der Waals surface area (Å²) in [5, 5.41) is 0. The molecule has 0 spiro atoms. The van der Waals surface area contributed by atoms with Crippen molar-refractivity contribution in [1.29, 1.82) is 0 Å². The number of amides is 1. The van der Waals surface area contributed by atoms with E-state index >= 15 is 0 Å². The molecular weight excluding hydrogens is 166 g/mol. The molecule has 0 bridgehead atoms. The molecule has 0 fully saturated rings. The van der Waals surface area contributed by atoms with Gasteiger partial charge in [-0.1, -0.05) is 13.8 Å². The minimum atomic E-state index is -0.235. The number of primary amides is 1. The SMILES string of the molecule is CCC(C(N)=O)N(CC)CCCN. The first kappa shape index (κ1) is 12.4. The highest BCUT2D eigenvalue weighted by Crippen LogP contribution is 2.03. The van der Waals surface area contributed by atoms with E-state index in [0.29, 0.717) is 6.54 Å². The van der Waals surface area contributed by atoms with Crippen molar-refractivity contribution < 1.29 is 4.79 Å². The molecule has 0 rings (SSSR count). The van der Waals surface area contributed by atoms with Gasteiger partial charge in [-0.05, 0) is 25.9 Å². The van der Waals surface area contributed by atoms with Crippen LogP contribution < -0.4 is 11.5 Å². The van der Waals surface area contributed by atoms with Crippen LogP contribution in [0.5, 0.6) is 0 Å². The summed E-state index contributed by atoms with van der Waals surface area (Å²) in [7, 11) is 0. The van der Waals surface area contributed by atoms with Gasteiger partial charge in [0, 0.05) is 6.54 Å². The summed E-state index contributed by atoms with van der Waals surface area (Å²) < 4.78 is 0. The van der Waals surface area contributed by atoms with E-state index in [9.17, 15) is 4.79 Å². The summed E-state index contributed by atoms with van der Waals surface area (Å²) in [4.78, 5) is 13.1. The summed E-state index contributed by atoms with van der Waals surface area (Å²) in [6.45, 7) is 6.37. The van der Waals surface area contributed by atoms with Gasteiger partial charge in [0.1, 0.15) is 0 Å². The van der Waals surface area contributed by atoms with Gasteiger partial charge in [-0.25, -0.2) is 0 Å². The van der Waals surface area contributed by atoms with Crippen molar-refractivity contribution in [3.63, 3.8) is 0 Å². The van der Waals surface area contributed by atoms with Gasteiger partial charge in [0.2, 0.25) is 5.91 Å². The Morgan fingerprint density at radius 1 is 1.46 bits per heavy atom. The third-order valence-corrected chi connectivity index (χ3v) is 2.21. The number of nitrogens with zero attached hydrogens (tertiary/aromatic N) is 1. The summed E-state index contributed by atoms with van der Waals surface area (Å²) in [6, 6.07) is -0.128. The molecule has 0 saturated carbocycles. The number of carbonyl (C=O) groups is 1. The smallest absolute Gasteiger partial charge is 0.234 e. The highest BCUT2D eigenvalue weighted by Gasteiger charge is 2.19. The van der Waals surface area contributed by atoms with Crippen molar-refractivity contribution in [2.75, 3.05) is 19.6 Å². The zero-order valence-corrected chi connectivity index (χ0v) is 8.62. The maximum Gasteiger partial charge on any atom is 0.234 e. The second kappa shape index (κ2) is 6.86. The molecule has 0 saturated heterocycles. The molecule has 0 aliphatic carbocycles. The van der Waals surface area contributed by atoms with Crippen molar-refractivity contribution in [2.24, 2.45) is 11.5 Å². The topological polar surface area (TPSA) is 72.4 Å². The maximum atomic E-state index is 11.0. The fourth-order valence-corrected chi connectivity index (χ4v) is 1.47. The number of hydrogen-bond donors (Lipinski definition) is 2. The fourth-order valence-electron chi connectivity index (χ4n) is 1.47. The number of rotatable bonds is 7. The van der Waals surface area contributed by atoms with Crippen molar-refractivity contribution >= 4 is 5.91 Å². The number of nitrogens with two attached hydrogens (primary N) is 2. The standard InChI is InChI=1S/C9H21N3O/c1-3-8(9(11)13)12(4-2)7-5-6-10/h8H,3-7,10H2,1-2H3,(H2,11,13). The van der Waals surface area contributed by atoms with Crippen LogP contribution in [0.1, 0.15) is 26.7 Å². The van der Waals surface area contributed by atoms with E-state index in [1.54, 1.807) is 0 Å². The number of hydrogen-bond acceptors (Lipinski definition) is 3. The first-order chi connectivity index (χ1) is 6.17. The van der Waals surface area contributed by atoms with Crippen molar-refractivity contribution in [3.05, 3.63) is 0 Å². The van der Waals surface area contributed by atoms with Crippen molar-refractivity contribution in [2.45, 2.75) is 32.7 Å². The van der Waals surface area contributed by atoms with E-state index in [4.69, 9.17) is 11.5 Å². The average Bonchev–Trinajstić information content (AvgIpc) is 2.11. The van der Waals surface area contributed by atoms with E-state index in [-0.39, 0.29) is 11.9 Å². The van der Waals surface area contributed by atoms with Crippen LogP contribution in [-0.2, 0) is 4.79 Å². The molecular formula is C9H21N3O. The van der Waals surface area contributed by atoms with Crippen LogP contribution in [-0.4, -0.2) is 36.5 Å². The van der Waals surface area contributed by atoms with E-state index in [1.807, 2.05) is 13.8 Å². The van der Waals surface area contributed by atoms with Crippen LogP contribution in [0.15, 0.2) is 0 Å². The summed E-state index contributed by atoms with van der Waals surface area (Å²) in [5.74, 6) is -0.235. The molecule has 0 aromatic heterocycles. The minimum absolute atomic E-state index is 0.128. The van der Waals surface area contributed by atoms with E-state index < -0.39 is 0 Å². The van der Waals surface area contributed by atoms with Crippen LogP contribution in [0.2, 0.25) is 0 Å². The van der Waals surface area contributed by atoms with Gasteiger partial charge in [0.25, 0.3) is 0 Å². The van der Waals surface area contributed by atoms with E-state index in [1.165, 1.54) is 0 Å². The van der Waals surface area contributed by atoms with E-state index in [2.05, 4.69) is 4.90 Å². The molecule has 78 valence electrons. The van der Waals surface area contributed by atoms with Crippen molar-refractivity contribution in [1.82, 2.24) is 4.90 Å². The first-order valence-corrected chi connectivity index (χ1v) is 4.90. The van der Waals surface area contributed by atoms with Crippen LogP contribution in [0.25, 0.3) is 0 Å². The van der Waals surface area contributed by atoms with Crippen molar-refractivity contribution in [3.8, 4) is 0 Å². The highest BCUT2D eigenvalue weighted by molar-refractivity contribution is 5.79. The molecule has 0 aromatic carbocycles. The molecule has 13 heavy (non-hydrogen) atoms. The van der Waals surface area contributed by atoms with E-state index in [0.717, 1.165) is 25.9 Å². The molecule has 0 heterocycles. The molecule has 1 atom stereocenters. The van der Waals surface area contributed by atoms with Gasteiger partial charge in [0.15, 0.2) is 0 Å². The summed E-state index contributed by atoms with van der Waals surface area (Å²) in [6.07, 6.45) is 1.69. The molecule has 0 aliphatic heterocycles. The largest absolute Gasteiger partial charge is 0.368 e. The molecule has 0 aromatic rings. The Morgan fingerprint density at radius 3 is 2.38 bits per heavy atom. The third kappa shape index (κ3) is 4.24. The quantitative estimate of drug-likeness (QED) is 0.585. The summed E-state index contributed by atoms with van der Waals surface area (Å²) >= 11 is 0. The molecule has 1 unspecified atom stereocenters. The van der Waals surface area contributed by atoms with Crippen LogP contribution in [0, 0.1) is 0 Å². The Balaban J connectivity index is 4.08. The monoisotopic (exact) mass is 187 g/mol. The van der Waals surface area contributed by atoms with Crippen LogP contribution >= 0.6 is 0 Å². The predicted molar refractivity (Wildman–Crippen MR) is 54.2 cm³/mol. The fraction of sp³-hybridized carbons (Fsp3) is 0.889. The van der Waals surface area contributed by atoms with Crippen LogP contribution in [0.4, 0.5) is 0 Å². The predicted octanol–water partition coefficient (Wildman–Crippen LogP) is -0.0790. The van der Waals surface area contributed by atoms with Crippen LogP contribution in [0.3, 0.4) is 0 Å². The Kier molecular flexibility index (Phi) is 6.54. The number of carbonyl (C=O) groups excluding carboxylic acids is 1. The molecule has 4 N–H and O–H groups in total.